The van der Waals surface area contributed by atoms with Crippen molar-refractivity contribution in [2.45, 2.75) is 32.2 Å². The summed E-state index contributed by atoms with van der Waals surface area (Å²) in [6, 6.07) is 5.99. The van der Waals surface area contributed by atoms with Crippen LogP contribution in [-0.4, -0.2) is 71.3 Å². The van der Waals surface area contributed by atoms with Gasteiger partial charge in [-0.05, 0) is 38.1 Å². The van der Waals surface area contributed by atoms with Gasteiger partial charge in [0.1, 0.15) is 0 Å². The van der Waals surface area contributed by atoms with Crippen LogP contribution in [0.25, 0.3) is 10.9 Å². The summed E-state index contributed by atoms with van der Waals surface area (Å²) in [5.74, 6) is 0.667. The SMILES string of the molecule is CN1CCN(C(=O)c2ccc3[nH]c4c(c3c2)CN(C(=O)C2CCC2)CC4)CC1. The molecule has 1 aliphatic carbocycles. The molecule has 2 fully saturated rings. The minimum atomic E-state index is 0.114. The van der Waals surface area contributed by atoms with E-state index in [1.807, 2.05) is 28.0 Å². The Balaban J connectivity index is 1.41. The number of piperazine rings is 1. The first-order chi connectivity index (χ1) is 13.6. The summed E-state index contributed by atoms with van der Waals surface area (Å²) in [6.45, 7) is 4.86. The minimum absolute atomic E-state index is 0.114. The third kappa shape index (κ3) is 3.00. The molecular weight excluding hydrogens is 352 g/mol. The number of aromatic nitrogens is 1. The van der Waals surface area contributed by atoms with Crippen LogP contribution in [0.2, 0.25) is 0 Å². The van der Waals surface area contributed by atoms with Gasteiger partial charge in [-0.2, -0.15) is 0 Å². The number of hydrogen-bond donors (Lipinski definition) is 1. The van der Waals surface area contributed by atoms with Crippen molar-refractivity contribution in [1.82, 2.24) is 19.7 Å². The summed E-state index contributed by atoms with van der Waals surface area (Å²) in [6.07, 6.45) is 4.13. The Morgan fingerprint density at radius 2 is 1.82 bits per heavy atom. The van der Waals surface area contributed by atoms with Gasteiger partial charge in [-0.25, -0.2) is 0 Å². The number of amides is 2. The normalized spacial score (nSPS) is 20.9. The Kier molecular flexibility index (Phi) is 4.38. The maximum absolute atomic E-state index is 13.0. The first-order valence-electron chi connectivity index (χ1n) is 10.5. The lowest BCUT2D eigenvalue weighted by Crippen LogP contribution is -2.47. The molecule has 5 rings (SSSR count). The first kappa shape index (κ1) is 17.7. The molecule has 2 amide bonds. The number of aromatic amines is 1. The number of H-pyrrole nitrogens is 1. The topological polar surface area (TPSA) is 59.7 Å². The molecule has 1 saturated heterocycles. The molecular formula is C22H28N4O2. The number of carbonyl (C=O) groups excluding carboxylic acids is 2. The van der Waals surface area contributed by atoms with Gasteiger partial charge in [-0.1, -0.05) is 6.42 Å². The monoisotopic (exact) mass is 380 g/mol. The van der Waals surface area contributed by atoms with Crippen molar-refractivity contribution < 1.29 is 9.59 Å². The Morgan fingerprint density at radius 1 is 1.04 bits per heavy atom. The second-order valence-electron chi connectivity index (χ2n) is 8.58. The minimum Gasteiger partial charge on any atom is -0.358 e. The van der Waals surface area contributed by atoms with Gasteiger partial charge in [0, 0.05) is 79.3 Å². The lowest BCUT2D eigenvalue weighted by atomic mass is 9.84. The van der Waals surface area contributed by atoms with E-state index in [0.717, 1.165) is 68.5 Å². The Labute approximate surface area is 165 Å². The second-order valence-corrected chi connectivity index (χ2v) is 8.58. The lowest BCUT2D eigenvalue weighted by Gasteiger charge is -2.34. The van der Waals surface area contributed by atoms with Gasteiger partial charge in [0.05, 0.1) is 0 Å². The van der Waals surface area contributed by atoms with E-state index in [4.69, 9.17) is 0 Å². The van der Waals surface area contributed by atoms with Crippen LogP contribution in [0, 0.1) is 5.92 Å². The predicted molar refractivity (Wildman–Crippen MR) is 108 cm³/mol. The summed E-state index contributed by atoms with van der Waals surface area (Å²) in [5, 5.41) is 1.10. The Morgan fingerprint density at radius 3 is 2.54 bits per heavy atom. The van der Waals surface area contributed by atoms with E-state index in [2.05, 4.69) is 16.9 Å². The van der Waals surface area contributed by atoms with Crippen molar-refractivity contribution in [3.63, 3.8) is 0 Å². The molecule has 148 valence electrons. The van der Waals surface area contributed by atoms with Crippen molar-refractivity contribution in [3.05, 3.63) is 35.0 Å². The zero-order valence-electron chi connectivity index (χ0n) is 16.5. The highest BCUT2D eigenvalue weighted by Gasteiger charge is 2.32. The summed E-state index contributed by atoms with van der Waals surface area (Å²) >= 11 is 0. The van der Waals surface area contributed by atoms with Gasteiger partial charge in [0.2, 0.25) is 5.91 Å². The highest BCUT2D eigenvalue weighted by molar-refractivity contribution is 5.99. The van der Waals surface area contributed by atoms with Crippen LogP contribution in [0.4, 0.5) is 0 Å². The van der Waals surface area contributed by atoms with Crippen molar-refractivity contribution in [3.8, 4) is 0 Å². The molecule has 2 aromatic rings. The molecule has 2 aliphatic heterocycles. The maximum Gasteiger partial charge on any atom is 0.253 e. The van der Waals surface area contributed by atoms with Gasteiger partial charge in [0.25, 0.3) is 5.91 Å². The fourth-order valence-corrected chi connectivity index (χ4v) is 4.64. The van der Waals surface area contributed by atoms with E-state index >= 15 is 0 Å². The van der Waals surface area contributed by atoms with Gasteiger partial charge in [-0.15, -0.1) is 0 Å². The number of carbonyl (C=O) groups is 2. The standard InChI is InChI=1S/C22H28N4O2/c1-24-9-11-25(12-10-24)22(28)16-5-6-19-17(13-16)18-14-26(8-7-20(18)23-19)21(27)15-3-2-4-15/h5-6,13,15,23H,2-4,7-12,14H2,1H3. The molecule has 3 heterocycles. The highest BCUT2D eigenvalue weighted by atomic mass is 16.2. The van der Waals surface area contributed by atoms with Crippen molar-refractivity contribution in [2.24, 2.45) is 5.92 Å². The molecule has 0 unspecified atom stereocenters. The van der Waals surface area contributed by atoms with Crippen LogP contribution < -0.4 is 0 Å². The van der Waals surface area contributed by atoms with Crippen LogP contribution in [0.3, 0.4) is 0 Å². The number of hydrogen-bond acceptors (Lipinski definition) is 3. The molecule has 1 aromatic carbocycles. The van der Waals surface area contributed by atoms with E-state index in [0.29, 0.717) is 12.5 Å². The average molecular weight is 380 g/mol. The molecule has 1 N–H and O–H groups in total. The van der Waals surface area contributed by atoms with Crippen LogP contribution in [0.15, 0.2) is 18.2 Å². The molecule has 1 aromatic heterocycles. The molecule has 1 saturated carbocycles. The second kappa shape index (κ2) is 6.92. The zero-order valence-corrected chi connectivity index (χ0v) is 16.5. The number of nitrogens with zero attached hydrogens (tertiary/aromatic N) is 3. The smallest absolute Gasteiger partial charge is 0.253 e. The summed E-state index contributed by atoms with van der Waals surface area (Å²) in [4.78, 5) is 35.4. The first-order valence-corrected chi connectivity index (χ1v) is 10.5. The molecule has 3 aliphatic rings. The maximum atomic E-state index is 13.0. The van der Waals surface area contributed by atoms with Crippen LogP contribution in [0.1, 0.15) is 40.9 Å². The van der Waals surface area contributed by atoms with Gasteiger partial charge < -0.3 is 19.7 Å². The third-order valence-electron chi connectivity index (χ3n) is 6.78. The number of rotatable bonds is 2. The molecule has 0 spiro atoms. The van der Waals surface area contributed by atoms with Crippen molar-refractivity contribution >= 4 is 22.7 Å². The molecule has 6 heteroatoms. The fraction of sp³-hybridized carbons (Fsp3) is 0.545. The van der Waals surface area contributed by atoms with E-state index in [9.17, 15) is 9.59 Å². The van der Waals surface area contributed by atoms with Gasteiger partial charge >= 0.3 is 0 Å². The highest BCUT2D eigenvalue weighted by Crippen LogP contribution is 2.33. The largest absolute Gasteiger partial charge is 0.358 e. The molecule has 0 bridgehead atoms. The summed E-state index contributed by atoms with van der Waals surface area (Å²) in [5.41, 5.74) is 4.23. The average Bonchev–Trinajstić information content (AvgIpc) is 3.03. The van der Waals surface area contributed by atoms with Gasteiger partial charge in [-0.3, -0.25) is 9.59 Å². The van der Waals surface area contributed by atoms with Crippen molar-refractivity contribution in [1.29, 1.82) is 0 Å². The summed E-state index contributed by atoms with van der Waals surface area (Å²) < 4.78 is 0. The quantitative estimate of drug-likeness (QED) is 0.869. The zero-order chi connectivity index (χ0) is 19.3. The third-order valence-corrected chi connectivity index (χ3v) is 6.78. The fourth-order valence-electron chi connectivity index (χ4n) is 4.64. The van der Waals surface area contributed by atoms with E-state index < -0.39 is 0 Å². The number of likely N-dealkylation sites (N-methyl/N-ethyl adjacent to an activating group) is 1. The molecule has 6 nitrogen and oxygen atoms in total. The predicted octanol–water partition coefficient (Wildman–Crippen LogP) is 2.24. The molecule has 0 radical (unpaired) electrons. The molecule has 0 atom stereocenters. The van der Waals surface area contributed by atoms with E-state index in [-0.39, 0.29) is 11.8 Å². The number of benzene rings is 1. The number of fused-ring (bicyclic) bond motifs is 3. The van der Waals surface area contributed by atoms with E-state index in [1.54, 1.807) is 0 Å². The Hall–Kier alpha value is -2.34. The van der Waals surface area contributed by atoms with Gasteiger partial charge in [0.15, 0.2) is 0 Å². The van der Waals surface area contributed by atoms with Crippen LogP contribution in [-0.2, 0) is 17.8 Å². The Bertz CT molecular complexity index is 922. The van der Waals surface area contributed by atoms with Crippen molar-refractivity contribution in [2.75, 3.05) is 39.8 Å². The number of nitrogens with one attached hydrogen (secondary N) is 1. The summed E-state index contributed by atoms with van der Waals surface area (Å²) in [7, 11) is 2.09. The van der Waals surface area contributed by atoms with Crippen LogP contribution >= 0.6 is 0 Å². The molecule has 28 heavy (non-hydrogen) atoms. The van der Waals surface area contributed by atoms with E-state index in [1.165, 1.54) is 17.7 Å². The van der Waals surface area contributed by atoms with Crippen LogP contribution in [0.5, 0.6) is 0 Å². The lowest BCUT2D eigenvalue weighted by molar-refractivity contribution is -0.139.